The van der Waals surface area contributed by atoms with E-state index in [9.17, 15) is 4.79 Å². The summed E-state index contributed by atoms with van der Waals surface area (Å²) in [4.78, 5) is 12.9. The van der Waals surface area contributed by atoms with Crippen LogP contribution in [0.2, 0.25) is 0 Å². The molecule has 7 heteroatoms. The van der Waals surface area contributed by atoms with E-state index >= 15 is 0 Å². The monoisotopic (exact) mass is 414 g/mol. The van der Waals surface area contributed by atoms with E-state index in [2.05, 4.69) is 70.9 Å². The topological polar surface area (TPSA) is 81.4 Å². The molecule has 0 aliphatic carbocycles. The minimum atomic E-state index is 0.0323. The van der Waals surface area contributed by atoms with Gasteiger partial charge in [-0.1, -0.05) is 68.5 Å². The Bertz CT molecular complexity index is 1220. The molecule has 7 nitrogen and oxygen atoms in total. The summed E-state index contributed by atoms with van der Waals surface area (Å²) >= 11 is 0. The molecule has 2 aromatic carbocycles. The molecule has 0 bridgehead atoms. The van der Waals surface area contributed by atoms with Gasteiger partial charge in [0.05, 0.1) is 12.2 Å². The Morgan fingerprint density at radius 3 is 2.48 bits per heavy atom. The van der Waals surface area contributed by atoms with Gasteiger partial charge in [0.15, 0.2) is 5.82 Å². The van der Waals surface area contributed by atoms with Crippen LogP contribution in [0.25, 0.3) is 28.6 Å². The molecule has 0 amide bonds. The number of tetrazole rings is 1. The number of nitrogens with zero attached hydrogens (tertiary/aromatic N) is 5. The second-order valence-electron chi connectivity index (χ2n) is 7.42. The van der Waals surface area contributed by atoms with Crippen LogP contribution < -0.4 is 5.69 Å². The lowest BCUT2D eigenvalue weighted by molar-refractivity contribution is 0.623. The van der Waals surface area contributed by atoms with Crippen molar-refractivity contribution in [2.24, 2.45) is 0 Å². The van der Waals surface area contributed by atoms with Gasteiger partial charge in [0.25, 0.3) is 0 Å². The molecule has 158 valence electrons. The molecule has 0 fully saturated rings. The van der Waals surface area contributed by atoms with Crippen LogP contribution in [0.5, 0.6) is 0 Å². The maximum atomic E-state index is 12.9. The fourth-order valence-electron chi connectivity index (χ4n) is 3.67. The van der Waals surface area contributed by atoms with E-state index in [-0.39, 0.29) is 5.69 Å². The first-order valence-corrected chi connectivity index (χ1v) is 10.6. The highest BCUT2D eigenvalue weighted by Gasteiger charge is 2.12. The van der Waals surface area contributed by atoms with Gasteiger partial charge < -0.3 is 0 Å². The Hall–Kier alpha value is -3.74. The number of aryl methyl sites for hydroxylation is 1. The maximum absolute atomic E-state index is 12.9. The van der Waals surface area contributed by atoms with Crippen molar-refractivity contribution >= 4 is 6.08 Å². The van der Waals surface area contributed by atoms with Crippen LogP contribution in [0.3, 0.4) is 0 Å². The number of allylic oxidation sites excluding steroid dienone is 1. The largest absolute Gasteiger partial charge is 0.328 e. The summed E-state index contributed by atoms with van der Waals surface area (Å²) in [7, 11) is 0. The van der Waals surface area contributed by atoms with Crippen molar-refractivity contribution in [1.29, 1.82) is 0 Å². The average molecular weight is 415 g/mol. The van der Waals surface area contributed by atoms with Crippen LogP contribution in [0.1, 0.15) is 37.9 Å². The second-order valence-corrected chi connectivity index (χ2v) is 7.42. The number of hydrogen-bond acceptors (Lipinski definition) is 4. The maximum Gasteiger partial charge on any atom is 0.328 e. The molecule has 4 aromatic rings. The van der Waals surface area contributed by atoms with Crippen molar-refractivity contribution in [3.63, 3.8) is 0 Å². The Kier molecular flexibility index (Phi) is 6.21. The van der Waals surface area contributed by atoms with Gasteiger partial charge in [0.1, 0.15) is 0 Å². The zero-order valence-electron chi connectivity index (χ0n) is 17.8. The number of aromatic nitrogens is 6. The number of imidazole rings is 1. The van der Waals surface area contributed by atoms with Gasteiger partial charge in [-0.15, -0.1) is 5.10 Å². The van der Waals surface area contributed by atoms with Crippen LogP contribution in [0.4, 0.5) is 0 Å². The lowest BCUT2D eigenvalue weighted by Gasteiger charge is -2.09. The van der Waals surface area contributed by atoms with Crippen molar-refractivity contribution in [2.75, 3.05) is 0 Å². The minimum absolute atomic E-state index is 0.0323. The fraction of sp³-hybridized carbons (Fsp3) is 0.250. The van der Waals surface area contributed by atoms with Gasteiger partial charge in [-0.2, -0.15) is 0 Å². The molecule has 0 saturated heterocycles. The van der Waals surface area contributed by atoms with Gasteiger partial charge in [0.2, 0.25) is 0 Å². The molecule has 2 heterocycles. The smallest absolute Gasteiger partial charge is 0.299 e. The summed E-state index contributed by atoms with van der Waals surface area (Å²) in [6.07, 6.45) is 7.93. The fourth-order valence-corrected chi connectivity index (χ4v) is 3.67. The Morgan fingerprint density at radius 2 is 1.81 bits per heavy atom. The van der Waals surface area contributed by atoms with Gasteiger partial charge in [-0.05, 0) is 46.0 Å². The molecule has 0 saturated carbocycles. The van der Waals surface area contributed by atoms with Crippen LogP contribution in [-0.2, 0) is 13.1 Å². The first-order chi connectivity index (χ1) is 15.2. The normalized spacial score (nSPS) is 11.4. The molecule has 31 heavy (non-hydrogen) atoms. The van der Waals surface area contributed by atoms with Gasteiger partial charge >= 0.3 is 5.69 Å². The molecule has 2 aromatic heterocycles. The SMILES string of the molecule is CC/C=C/c1cn(CCC)c(=O)n1Cc1ccc(-c2ccccc2-c2nnn[nH]2)cc1. The zero-order valence-corrected chi connectivity index (χ0v) is 17.8. The highest BCUT2D eigenvalue weighted by atomic mass is 16.1. The zero-order chi connectivity index (χ0) is 21.6. The van der Waals surface area contributed by atoms with Gasteiger partial charge in [-0.25, -0.2) is 9.89 Å². The highest BCUT2D eigenvalue weighted by molar-refractivity contribution is 5.80. The highest BCUT2D eigenvalue weighted by Crippen LogP contribution is 2.29. The molecule has 0 radical (unpaired) electrons. The molecule has 4 rings (SSSR count). The number of nitrogens with one attached hydrogen (secondary N) is 1. The standard InChI is InChI=1S/C24H26N6O/c1-3-5-8-20-17-29(15-4-2)24(31)30(20)16-18-11-13-19(14-12-18)21-9-6-7-10-22(21)23-25-27-28-26-23/h5-14,17H,3-4,15-16H2,1-2H3,(H,25,26,27,28)/b8-5+. The number of aromatic amines is 1. The number of hydrogen-bond donors (Lipinski definition) is 1. The first-order valence-electron chi connectivity index (χ1n) is 10.6. The minimum Gasteiger partial charge on any atom is -0.299 e. The molecule has 0 atom stereocenters. The number of rotatable bonds is 8. The van der Waals surface area contributed by atoms with E-state index < -0.39 is 0 Å². The Labute approximate surface area is 181 Å². The molecular weight excluding hydrogens is 388 g/mol. The first kappa shape index (κ1) is 20.5. The van der Waals surface area contributed by atoms with Gasteiger partial charge in [0, 0.05) is 18.3 Å². The molecule has 0 unspecified atom stereocenters. The number of benzene rings is 2. The Morgan fingerprint density at radius 1 is 1.03 bits per heavy atom. The number of H-pyrrole nitrogens is 1. The summed E-state index contributed by atoms with van der Waals surface area (Å²) < 4.78 is 3.64. The van der Waals surface area contributed by atoms with Crippen molar-refractivity contribution in [2.45, 2.75) is 39.8 Å². The summed E-state index contributed by atoms with van der Waals surface area (Å²) in [6, 6.07) is 16.3. The van der Waals surface area contributed by atoms with Crippen LogP contribution in [-0.4, -0.2) is 29.8 Å². The summed E-state index contributed by atoms with van der Waals surface area (Å²) in [5.74, 6) is 0.635. The average Bonchev–Trinajstić information content (AvgIpc) is 3.43. The van der Waals surface area contributed by atoms with Crippen molar-refractivity contribution < 1.29 is 0 Å². The Balaban J connectivity index is 1.64. The molecular formula is C24H26N6O. The third kappa shape index (κ3) is 4.40. The van der Waals surface area contributed by atoms with Crippen molar-refractivity contribution in [3.05, 3.63) is 82.5 Å². The van der Waals surface area contributed by atoms with Crippen molar-refractivity contribution in [3.8, 4) is 22.5 Å². The predicted octanol–water partition coefficient (Wildman–Crippen LogP) is 4.38. The van der Waals surface area contributed by atoms with E-state index in [1.165, 1.54) is 0 Å². The van der Waals surface area contributed by atoms with Crippen LogP contribution in [0.15, 0.2) is 65.6 Å². The molecule has 1 N–H and O–H groups in total. The van der Waals surface area contributed by atoms with Gasteiger partial charge in [-0.3, -0.25) is 9.13 Å². The summed E-state index contributed by atoms with van der Waals surface area (Å²) in [6.45, 7) is 5.43. The molecule has 0 aliphatic heterocycles. The second kappa shape index (κ2) is 9.38. The van der Waals surface area contributed by atoms with E-state index in [1.54, 1.807) is 4.57 Å². The van der Waals surface area contributed by atoms with Crippen molar-refractivity contribution in [1.82, 2.24) is 29.8 Å². The van der Waals surface area contributed by atoms with E-state index in [0.29, 0.717) is 12.4 Å². The third-order valence-corrected chi connectivity index (χ3v) is 5.20. The molecule has 0 spiro atoms. The lowest BCUT2D eigenvalue weighted by atomic mass is 9.98. The van der Waals surface area contributed by atoms with E-state index in [4.69, 9.17) is 0 Å². The lowest BCUT2D eigenvalue weighted by Crippen LogP contribution is -2.25. The quantitative estimate of drug-likeness (QED) is 0.464. The third-order valence-electron chi connectivity index (χ3n) is 5.20. The van der Waals surface area contributed by atoms with E-state index in [0.717, 1.165) is 47.3 Å². The van der Waals surface area contributed by atoms with Crippen LogP contribution >= 0.6 is 0 Å². The summed E-state index contributed by atoms with van der Waals surface area (Å²) in [5, 5.41) is 14.2. The van der Waals surface area contributed by atoms with Crippen LogP contribution in [0, 0.1) is 0 Å². The summed E-state index contributed by atoms with van der Waals surface area (Å²) in [5.41, 5.74) is 5.10. The van der Waals surface area contributed by atoms with E-state index in [1.807, 2.05) is 35.0 Å². The molecule has 0 aliphatic rings. The predicted molar refractivity (Wildman–Crippen MR) is 122 cm³/mol.